The van der Waals surface area contributed by atoms with Crippen LogP contribution in [-0.2, 0) is 11.8 Å². The third kappa shape index (κ3) is 4.17. The van der Waals surface area contributed by atoms with Crippen LogP contribution >= 0.6 is 0 Å². The van der Waals surface area contributed by atoms with E-state index in [1.54, 1.807) is 23.7 Å². The maximum atomic E-state index is 13.1. The van der Waals surface area contributed by atoms with E-state index in [0.717, 1.165) is 29.4 Å². The highest BCUT2D eigenvalue weighted by Gasteiger charge is 2.23. The third-order valence-corrected chi connectivity index (χ3v) is 6.02. The van der Waals surface area contributed by atoms with Crippen LogP contribution in [0.2, 0.25) is 0 Å². The lowest BCUT2D eigenvalue weighted by Crippen LogP contribution is -2.27. The highest BCUT2D eigenvalue weighted by Crippen LogP contribution is 2.31. The van der Waals surface area contributed by atoms with Gasteiger partial charge in [0.15, 0.2) is 5.82 Å². The predicted octanol–water partition coefficient (Wildman–Crippen LogP) is 4.64. The maximum absolute atomic E-state index is 13.1. The SMILES string of the molecule is Cc1nnc(N[C@H](C)c2cccc(C(F)F)c2)c2cc(C3CCOCC3)c(=O)n(C)c12. The highest BCUT2D eigenvalue weighted by molar-refractivity contribution is 5.91. The van der Waals surface area contributed by atoms with Crippen molar-refractivity contribution in [3.05, 3.63) is 63.1 Å². The molecule has 164 valence electrons. The molecule has 1 aliphatic heterocycles. The van der Waals surface area contributed by atoms with Gasteiger partial charge in [0, 0.05) is 36.8 Å². The number of alkyl halides is 2. The standard InChI is InChI=1S/C23H26F2N4O2/c1-13(16-5-4-6-17(11-16)21(24)25)26-22-19-12-18(15-7-9-31-10-8-15)23(30)29(3)20(19)14(2)27-28-22/h4-6,11-13,15,21H,7-10H2,1-3H3,(H,26,28)/t13-/m1/s1. The van der Waals surface area contributed by atoms with Gasteiger partial charge < -0.3 is 14.6 Å². The van der Waals surface area contributed by atoms with E-state index in [-0.39, 0.29) is 23.1 Å². The zero-order valence-corrected chi connectivity index (χ0v) is 17.9. The molecule has 0 bridgehead atoms. The fourth-order valence-electron chi connectivity index (χ4n) is 4.27. The Kier molecular flexibility index (Phi) is 6.00. The number of benzene rings is 1. The van der Waals surface area contributed by atoms with Crippen LogP contribution in [0.5, 0.6) is 0 Å². The number of halogens is 2. The number of pyridine rings is 1. The van der Waals surface area contributed by atoms with E-state index in [1.165, 1.54) is 12.1 Å². The fourth-order valence-corrected chi connectivity index (χ4v) is 4.27. The van der Waals surface area contributed by atoms with Crippen molar-refractivity contribution in [1.29, 1.82) is 0 Å². The van der Waals surface area contributed by atoms with E-state index >= 15 is 0 Å². The van der Waals surface area contributed by atoms with Crippen LogP contribution in [0.4, 0.5) is 14.6 Å². The molecule has 0 radical (unpaired) electrons. The van der Waals surface area contributed by atoms with Gasteiger partial charge in [0.25, 0.3) is 12.0 Å². The number of anilines is 1. The summed E-state index contributed by atoms with van der Waals surface area (Å²) in [5, 5.41) is 12.7. The summed E-state index contributed by atoms with van der Waals surface area (Å²) in [6, 6.07) is 7.98. The van der Waals surface area contributed by atoms with Gasteiger partial charge >= 0.3 is 0 Å². The number of fused-ring (bicyclic) bond motifs is 1. The molecule has 0 aliphatic carbocycles. The molecule has 1 fully saturated rings. The number of rotatable bonds is 5. The molecule has 8 heteroatoms. The first-order valence-electron chi connectivity index (χ1n) is 10.5. The summed E-state index contributed by atoms with van der Waals surface area (Å²) in [7, 11) is 1.75. The Bertz CT molecular complexity index is 1160. The van der Waals surface area contributed by atoms with Crippen molar-refractivity contribution in [3.8, 4) is 0 Å². The Morgan fingerprint density at radius 1 is 1.16 bits per heavy atom. The minimum atomic E-state index is -2.52. The summed E-state index contributed by atoms with van der Waals surface area (Å²) < 4.78 is 33.3. The van der Waals surface area contributed by atoms with Crippen LogP contribution in [0, 0.1) is 6.92 Å². The van der Waals surface area contributed by atoms with E-state index in [9.17, 15) is 13.6 Å². The average Bonchev–Trinajstić information content (AvgIpc) is 2.78. The summed E-state index contributed by atoms with van der Waals surface area (Å²) >= 11 is 0. The second kappa shape index (κ2) is 8.70. The van der Waals surface area contributed by atoms with Crippen molar-refractivity contribution in [2.45, 2.75) is 45.1 Å². The summed E-state index contributed by atoms with van der Waals surface area (Å²) in [6.07, 6.45) is -0.918. The number of aromatic nitrogens is 3. The molecule has 1 atom stereocenters. The summed E-state index contributed by atoms with van der Waals surface area (Å²) in [6.45, 7) is 4.99. The molecule has 1 saturated heterocycles. The monoisotopic (exact) mass is 428 g/mol. The summed E-state index contributed by atoms with van der Waals surface area (Å²) in [5.41, 5.74) is 2.80. The first-order valence-corrected chi connectivity index (χ1v) is 10.5. The Morgan fingerprint density at radius 3 is 2.58 bits per heavy atom. The average molecular weight is 428 g/mol. The van der Waals surface area contributed by atoms with E-state index in [2.05, 4.69) is 15.5 Å². The third-order valence-electron chi connectivity index (χ3n) is 6.02. The van der Waals surface area contributed by atoms with Crippen molar-refractivity contribution in [3.63, 3.8) is 0 Å². The second-order valence-electron chi connectivity index (χ2n) is 8.08. The Morgan fingerprint density at radius 2 is 1.87 bits per heavy atom. The lowest BCUT2D eigenvalue weighted by molar-refractivity contribution is 0.0850. The van der Waals surface area contributed by atoms with E-state index in [0.29, 0.717) is 30.2 Å². The van der Waals surface area contributed by atoms with Gasteiger partial charge in [-0.2, -0.15) is 5.10 Å². The molecule has 1 N–H and O–H groups in total. The number of hydrogen-bond acceptors (Lipinski definition) is 5. The first kappa shape index (κ1) is 21.4. The molecule has 0 spiro atoms. The van der Waals surface area contributed by atoms with Crippen LogP contribution in [0.25, 0.3) is 10.9 Å². The molecule has 0 saturated carbocycles. The Labute approximate surface area is 179 Å². The van der Waals surface area contributed by atoms with E-state index < -0.39 is 6.43 Å². The van der Waals surface area contributed by atoms with Crippen molar-refractivity contribution < 1.29 is 13.5 Å². The quantitative estimate of drug-likeness (QED) is 0.641. The molecule has 1 aliphatic rings. The number of aryl methyl sites for hydroxylation is 2. The molecule has 3 aromatic rings. The van der Waals surface area contributed by atoms with Gasteiger partial charge in [-0.25, -0.2) is 8.78 Å². The van der Waals surface area contributed by atoms with Crippen LogP contribution in [0.3, 0.4) is 0 Å². The number of hydrogen-bond donors (Lipinski definition) is 1. The Hall–Kier alpha value is -2.87. The molecular weight excluding hydrogens is 402 g/mol. The highest BCUT2D eigenvalue weighted by atomic mass is 19.3. The zero-order valence-electron chi connectivity index (χ0n) is 17.9. The normalized spacial score (nSPS) is 16.1. The molecule has 1 aromatic carbocycles. The van der Waals surface area contributed by atoms with E-state index in [1.807, 2.05) is 19.9 Å². The van der Waals surface area contributed by atoms with Gasteiger partial charge in [-0.15, -0.1) is 5.10 Å². The molecule has 6 nitrogen and oxygen atoms in total. The van der Waals surface area contributed by atoms with Crippen molar-refractivity contribution in [2.75, 3.05) is 18.5 Å². The minimum absolute atomic E-state index is 0.0183. The Balaban J connectivity index is 1.77. The molecule has 4 rings (SSSR count). The predicted molar refractivity (Wildman–Crippen MR) is 116 cm³/mol. The summed E-state index contributed by atoms with van der Waals surface area (Å²) in [4.78, 5) is 13.1. The van der Waals surface area contributed by atoms with Crippen LogP contribution in [-0.4, -0.2) is 28.0 Å². The lowest BCUT2D eigenvalue weighted by Gasteiger charge is -2.24. The molecule has 0 unspecified atom stereocenters. The molecule has 2 aromatic heterocycles. The molecule has 0 amide bonds. The van der Waals surface area contributed by atoms with Gasteiger partial charge in [0.2, 0.25) is 0 Å². The minimum Gasteiger partial charge on any atom is -0.381 e. The van der Waals surface area contributed by atoms with E-state index in [4.69, 9.17) is 4.74 Å². The maximum Gasteiger partial charge on any atom is 0.263 e. The second-order valence-corrected chi connectivity index (χ2v) is 8.08. The largest absolute Gasteiger partial charge is 0.381 e. The first-order chi connectivity index (χ1) is 14.9. The topological polar surface area (TPSA) is 69.0 Å². The van der Waals surface area contributed by atoms with Crippen LogP contribution in [0.1, 0.15) is 60.5 Å². The van der Waals surface area contributed by atoms with Gasteiger partial charge in [0.1, 0.15) is 0 Å². The number of nitrogens with one attached hydrogen (secondary N) is 1. The molecular formula is C23H26F2N4O2. The van der Waals surface area contributed by atoms with Crippen molar-refractivity contribution in [2.24, 2.45) is 7.05 Å². The van der Waals surface area contributed by atoms with Gasteiger partial charge in [0.05, 0.1) is 17.3 Å². The fraction of sp³-hybridized carbons (Fsp3) is 0.435. The lowest BCUT2D eigenvalue weighted by atomic mass is 9.91. The van der Waals surface area contributed by atoms with Gasteiger partial charge in [-0.05, 0) is 50.3 Å². The number of nitrogens with zero attached hydrogens (tertiary/aromatic N) is 3. The zero-order chi connectivity index (χ0) is 22.1. The smallest absolute Gasteiger partial charge is 0.263 e. The number of ether oxygens (including phenoxy) is 1. The van der Waals surface area contributed by atoms with Crippen molar-refractivity contribution >= 4 is 16.7 Å². The molecule has 31 heavy (non-hydrogen) atoms. The van der Waals surface area contributed by atoms with Gasteiger partial charge in [-0.1, -0.05) is 18.2 Å². The summed E-state index contributed by atoms with van der Waals surface area (Å²) in [5.74, 6) is 0.665. The molecule has 3 heterocycles. The van der Waals surface area contributed by atoms with Crippen LogP contribution < -0.4 is 10.9 Å². The van der Waals surface area contributed by atoms with Gasteiger partial charge in [-0.3, -0.25) is 4.79 Å². The van der Waals surface area contributed by atoms with Crippen LogP contribution in [0.15, 0.2) is 35.1 Å². The van der Waals surface area contributed by atoms with Crippen molar-refractivity contribution in [1.82, 2.24) is 14.8 Å².